The van der Waals surface area contributed by atoms with Crippen molar-refractivity contribution < 1.29 is 4.79 Å². The van der Waals surface area contributed by atoms with Crippen LogP contribution in [0.4, 0.5) is 0 Å². The topological polar surface area (TPSA) is 70.2 Å². The smallest absolute Gasteiger partial charge is 0.248 e. The Balaban J connectivity index is 1.74. The Labute approximate surface area is 151 Å². The van der Waals surface area contributed by atoms with Crippen molar-refractivity contribution in [3.8, 4) is 6.07 Å². The molecule has 1 aromatic heterocycles. The second kappa shape index (κ2) is 6.85. The molecule has 128 valence electrons. The van der Waals surface area contributed by atoms with Crippen LogP contribution in [0.25, 0.3) is 10.9 Å². The van der Waals surface area contributed by atoms with Crippen LogP contribution in [0.3, 0.4) is 0 Å². The molecule has 1 aliphatic heterocycles. The van der Waals surface area contributed by atoms with Crippen LogP contribution in [0.5, 0.6) is 0 Å². The molecule has 0 fully saturated rings. The molecule has 1 atom stereocenters. The predicted molar refractivity (Wildman–Crippen MR) is 101 cm³/mol. The number of aromatic nitrogens is 1. The van der Waals surface area contributed by atoms with Gasteiger partial charge in [-0.15, -0.1) is 0 Å². The number of nitrogens with one attached hydrogen (secondary N) is 1. The Hall–Kier alpha value is -3.39. The Kier molecular flexibility index (Phi) is 4.24. The minimum Gasteiger partial charge on any atom is -0.346 e. The number of nitriles is 1. The highest BCUT2D eigenvalue weighted by Crippen LogP contribution is 2.32. The van der Waals surface area contributed by atoms with Crippen LogP contribution in [0.1, 0.15) is 29.9 Å². The fourth-order valence-electron chi connectivity index (χ4n) is 3.50. The molecular formula is C21H18N4O. The van der Waals surface area contributed by atoms with E-state index in [9.17, 15) is 4.79 Å². The molecule has 0 bridgehead atoms. The van der Waals surface area contributed by atoms with Crippen molar-refractivity contribution in [3.63, 3.8) is 0 Å². The molecule has 0 radical (unpaired) electrons. The third-order valence-corrected chi connectivity index (χ3v) is 4.78. The number of fused-ring (bicyclic) bond motifs is 1. The van der Waals surface area contributed by atoms with Crippen molar-refractivity contribution in [1.29, 1.82) is 5.26 Å². The molecule has 1 amide bonds. The minimum atomic E-state index is -0.295. The van der Waals surface area contributed by atoms with Crippen LogP contribution < -0.4 is 5.43 Å². The number of nitrogens with zero attached hydrogens (tertiary/aromatic N) is 3. The zero-order valence-electron chi connectivity index (χ0n) is 14.2. The lowest BCUT2D eigenvalue weighted by Crippen LogP contribution is -2.33. The summed E-state index contributed by atoms with van der Waals surface area (Å²) in [6, 6.07) is 20.1. The maximum absolute atomic E-state index is 12.6. The Morgan fingerprint density at radius 2 is 1.92 bits per heavy atom. The second-order valence-electron chi connectivity index (χ2n) is 6.36. The first-order valence-corrected chi connectivity index (χ1v) is 8.64. The van der Waals surface area contributed by atoms with Crippen LogP contribution in [-0.4, -0.2) is 16.2 Å². The number of para-hydroxylation sites is 1. The summed E-state index contributed by atoms with van der Waals surface area (Å²) in [6.07, 6.45) is 3.01. The monoisotopic (exact) mass is 342 g/mol. The summed E-state index contributed by atoms with van der Waals surface area (Å²) in [4.78, 5) is 12.6. The SMILES string of the molecule is N#CCCn1cc([C@@H]2CC(c3ccccc3)=NNC2=O)c2ccccc21. The number of hydrogen-bond acceptors (Lipinski definition) is 3. The molecule has 3 aromatic rings. The van der Waals surface area contributed by atoms with Crippen molar-refractivity contribution in [2.45, 2.75) is 25.3 Å². The van der Waals surface area contributed by atoms with Crippen molar-refractivity contribution >= 4 is 22.5 Å². The van der Waals surface area contributed by atoms with Gasteiger partial charge in [-0.3, -0.25) is 4.79 Å². The van der Waals surface area contributed by atoms with Crippen LogP contribution in [0.2, 0.25) is 0 Å². The molecule has 0 spiro atoms. The molecule has 0 unspecified atom stereocenters. The van der Waals surface area contributed by atoms with E-state index in [4.69, 9.17) is 5.26 Å². The lowest BCUT2D eigenvalue weighted by Gasteiger charge is -2.21. The Bertz CT molecular complexity index is 1030. The van der Waals surface area contributed by atoms with E-state index in [1.54, 1.807) is 0 Å². The zero-order chi connectivity index (χ0) is 17.9. The molecule has 1 aliphatic rings. The number of rotatable bonds is 4. The van der Waals surface area contributed by atoms with Gasteiger partial charge >= 0.3 is 0 Å². The van der Waals surface area contributed by atoms with E-state index in [2.05, 4.69) is 21.2 Å². The van der Waals surface area contributed by atoms with Crippen molar-refractivity contribution in [1.82, 2.24) is 9.99 Å². The maximum atomic E-state index is 12.6. The summed E-state index contributed by atoms with van der Waals surface area (Å²) >= 11 is 0. The van der Waals surface area contributed by atoms with E-state index in [-0.39, 0.29) is 11.8 Å². The second-order valence-corrected chi connectivity index (χ2v) is 6.36. The average Bonchev–Trinajstić information content (AvgIpc) is 3.06. The number of benzene rings is 2. The molecule has 5 nitrogen and oxygen atoms in total. The number of hydrogen-bond donors (Lipinski definition) is 1. The lowest BCUT2D eigenvalue weighted by molar-refractivity contribution is -0.122. The molecule has 5 heteroatoms. The van der Waals surface area contributed by atoms with Gasteiger partial charge in [0.1, 0.15) is 0 Å². The van der Waals surface area contributed by atoms with Crippen molar-refractivity contribution in [2.75, 3.05) is 0 Å². The predicted octanol–water partition coefficient (Wildman–Crippen LogP) is 3.56. The Morgan fingerprint density at radius 1 is 1.15 bits per heavy atom. The third kappa shape index (κ3) is 2.86. The van der Waals surface area contributed by atoms with E-state index in [0.29, 0.717) is 19.4 Å². The first-order valence-electron chi connectivity index (χ1n) is 8.64. The summed E-state index contributed by atoms with van der Waals surface area (Å²) in [5.41, 5.74) is 6.62. The van der Waals surface area contributed by atoms with Gasteiger partial charge < -0.3 is 4.57 Å². The normalized spacial score (nSPS) is 16.8. The largest absolute Gasteiger partial charge is 0.346 e. The molecule has 1 N–H and O–H groups in total. The molecule has 2 heterocycles. The number of hydrazone groups is 1. The summed E-state index contributed by atoms with van der Waals surface area (Å²) in [5.74, 6) is -0.385. The van der Waals surface area contributed by atoms with E-state index < -0.39 is 0 Å². The molecule has 0 saturated heterocycles. The fraction of sp³-hybridized carbons (Fsp3) is 0.190. The summed E-state index contributed by atoms with van der Waals surface area (Å²) in [6.45, 7) is 0.616. The molecule has 2 aromatic carbocycles. The van der Waals surface area contributed by atoms with E-state index in [0.717, 1.165) is 27.7 Å². The Morgan fingerprint density at radius 3 is 2.73 bits per heavy atom. The third-order valence-electron chi connectivity index (χ3n) is 4.78. The van der Waals surface area contributed by atoms with Gasteiger partial charge in [0, 0.05) is 30.1 Å². The summed E-state index contributed by atoms with van der Waals surface area (Å²) < 4.78 is 2.06. The maximum Gasteiger partial charge on any atom is 0.248 e. The highest BCUT2D eigenvalue weighted by atomic mass is 16.2. The van der Waals surface area contributed by atoms with Crippen LogP contribution in [0.15, 0.2) is 65.9 Å². The van der Waals surface area contributed by atoms with Gasteiger partial charge in [0.25, 0.3) is 0 Å². The highest BCUT2D eigenvalue weighted by molar-refractivity contribution is 6.07. The quantitative estimate of drug-likeness (QED) is 0.787. The van der Waals surface area contributed by atoms with Crippen LogP contribution >= 0.6 is 0 Å². The number of carbonyl (C=O) groups excluding carboxylic acids is 1. The van der Waals surface area contributed by atoms with Gasteiger partial charge in [-0.1, -0.05) is 48.5 Å². The molecule has 26 heavy (non-hydrogen) atoms. The van der Waals surface area contributed by atoms with Gasteiger partial charge in [0.15, 0.2) is 0 Å². The first-order chi connectivity index (χ1) is 12.8. The van der Waals surface area contributed by atoms with Crippen molar-refractivity contribution in [2.24, 2.45) is 5.10 Å². The number of carbonyl (C=O) groups is 1. The fourth-order valence-corrected chi connectivity index (χ4v) is 3.50. The molecule has 4 rings (SSSR count). The zero-order valence-corrected chi connectivity index (χ0v) is 14.2. The first kappa shape index (κ1) is 16.1. The van der Waals surface area contributed by atoms with Crippen LogP contribution in [0, 0.1) is 11.3 Å². The standard InChI is InChI=1S/C21H18N4O/c22-11-6-12-25-14-18(16-9-4-5-10-20(16)25)17-13-19(23-24-21(17)26)15-7-2-1-3-8-15/h1-5,7-10,14,17H,6,12-13H2,(H,24,26)/t17-/m0/s1. The van der Waals surface area contributed by atoms with Gasteiger partial charge in [0.05, 0.1) is 24.1 Å². The van der Waals surface area contributed by atoms with Crippen LogP contribution in [-0.2, 0) is 11.3 Å². The molecule has 0 saturated carbocycles. The molecule has 0 aliphatic carbocycles. The van der Waals surface area contributed by atoms with E-state index >= 15 is 0 Å². The minimum absolute atomic E-state index is 0.0899. The van der Waals surface area contributed by atoms with Gasteiger partial charge in [-0.25, -0.2) is 5.43 Å². The van der Waals surface area contributed by atoms with Gasteiger partial charge in [0.2, 0.25) is 5.91 Å². The molecular weight excluding hydrogens is 324 g/mol. The van der Waals surface area contributed by atoms with Gasteiger partial charge in [-0.05, 0) is 17.2 Å². The van der Waals surface area contributed by atoms with Crippen molar-refractivity contribution in [3.05, 3.63) is 71.9 Å². The average molecular weight is 342 g/mol. The number of amides is 1. The lowest BCUT2D eigenvalue weighted by atomic mass is 9.89. The highest BCUT2D eigenvalue weighted by Gasteiger charge is 2.29. The summed E-state index contributed by atoms with van der Waals surface area (Å²) in [7, 11) is 0. The van der Waals surface area contributed by atoms with Gasteiger partial charge in [-0.2, -0.15) is 10.4 Å². The van der Waals surface area contributed by atoms with E-state index in [1.165, 1.54) is 0 Å². The summed E-state index contributed by atoms with van der Waals surface area (Å²) in [5, 5.41) is 14.2. The van der Waals surface area contributed by atoms with E-state index in [1.807, 2.05) is 60.8 Å². The number of aryl methyl sites for hydroxylation is 1.